The van der Waals surface area contributed by atoms with Crippen molar-refractivity contribution >= 4 is 5.91 Å². The van der Waals surface area contributed by atoms with Crippen LogP contribution < -0.4 is 0 Å². The molecule has 1 aromatic heterocycles. The Balaban J connectivity index is 1.75. The van der Waals surface area contributed by atoms with Gasteiger partial charge in [-0.1, -0.05) is 12.5 Å². The summed E-state index contributed by atoms with van der Waals surface area (Å²) < 4.78 is 0. The highest BCUT2D eigenvalue weighted by Gasteiger charge is 2.32. The molecule has 0 aromatic carbocycles. The molecule has 1 fully saturated rings. The molecule has 0 spiro atoms. The summed E-state index contributed by atoms with van der Waals surface area (Å²) in [5, 5.41) is 0. The van der Waals surface area contributed by atoms with Crippen LogP contribution in [0.15, 0.2) is 18.3 Å². The number of nitrogens with zero attached hydrogens (tertiary/aromatic N) is 2. The Morgan fingerprint density at radius 2 is 2.27 bits per heavy atom. The summed E-state index contributed by atoms with van der Waals surface area (Å²) in [4.78, 5) is 18.2. The molecule has 15 heavy (non-hydrogen) atoms. The molecular formula is C12H14N2O. The first-order chi connectivity index (χ1) is 7.34. The molecule has 1 aliphatic heterocycles. The number of amides is 1. The fraction of sp³-hybridized carbons (Fsp3) is 0.500. The van der Waals surface area contributed by atoms with Crippen LogP contribution in [0.2, 0.25) is 0 Å². The summed E-state index contributed by atoms with van der Waals surface area (Å²) in [6, 6.07) is 4.01. The molecule has 3 rings (SSSR count). The van der Waals surface area contributed by atoms with Crippen LogP contribution >= 0.6 is 0 Å². The van der Waals surface area contributed by atoms with Crippen molar-refractivity contribution in [1.82, 2.24) is 9.88 Å². The van der Waals surface area contributed by atoms with Crippen molar-refractivity contribution < 1.29 is 4.79 Å². The van der Waals surface area contributed by atoms with E-state index in [0.29, 0.717) is 18.4 Å². The quantitative estimate of drug-likeness (QED) is 0.694. The van der Waals surface area contributed by atoms with Crippen molar-refractivity contribution in [2.24, 2.45) is 5.92 Å². The minimum atomic E-state index is 0.305. The molecule has 0 radical (unpaired) electrons. The van der Waals surface area contributed by atoms with Gasteiger partial charge in [0.25, 0.3) is 0 Å². The molecule has 0 saturated heterocycles. The first kappa shape index (κ1) is 8.89. The second-order valence-corrected chi connectivity index (χ2v) is 4.43. The lowest BCUT2D eigenvalue weighted by atomic mass is 9.84. The molecule has 78 valence electrons. The molecule has 0 bridgehead atoms. The number of carbonyl (C=O) groups excluding carboxylic acids is 1. The third-order valence-electron chi connectivity index (χ3n) is 3.45. The Morgan fingerprint density at radius 3 is 2.93 bits per heavy atom. The van der Waals surface area contributed by atoms with Crippen LogP contribution in [0.5, 0.6) is 0 Å². The van der Waals surface area contributed by atoms with Crippen molar-refractivity contribution in [2.45, 2.75) is 32.4 Å². The lowest BCUT2D eigenvalue weighted by Gasteiger charge is -2.28. The number of pyridine rings is 1. The monoisotopic (exact) mass is 202 g/mol. The zero-order valence-electron chi connectivity index (χ0n) is 8.65. The van der Waals surface area contributed by atoms with Gasteiger partial charge in [-0.15, -0.1) is 0 Å². The maximum Gasteiger partial charge on any atom is 0.226 e. The van der Waals surface area contributed by atoms with Crippen LogP contribution in [0.3, 0.4) is 0 Å². The van der Waals surface area contributed by atoms with E-state index >= 15 is 0 Å². The minimum Gasteiger partial charge on any atom is -0.332 e. The van der Waals surface area contributed by atoms with E-state index in [-0.39, 0.29) is 0 Å². The second-order valence-electron chi connectivity index (χ2n) is 4.43. The van der Waals surface area contributed by atoms with Crippen molar-refractivity contribution in [1.29, 1.82) is 0 Å². The van der Waals surface area contributed by atoms with Crippen molar-refractivity contribution in [3.63, 3.8) is 0 Å². The zero-order valence-corrected chi connectivity index (χ0v) is 8.65. The number of fused-ring (bicyclic) bond motifs is 1. The Morgan fingerprint density at radius 1 is 1.40 bits per heavy atom. The Bertz CT molecular complexity index is 373. The van der Waals surface area contributed by atoms with E-state index in [1.54, 1.807) is 6.20 Å². The molecule has 1 aliphatic carbocycles. The maximum atomic E-state index is 12.0. The average molecular weight is 202 g/mol. The maximum absolute atomic E-state index is 12.0. The molecule has 2 aliphatic rings. The third kappa shape index (κ3) is 1.42. The highest BCUT2D eigenvalue weighted by Crippen LogP contribution is 2.31. The van der Waals surface area contributed by atoms with Crippen LogP contribution in [0, 0.1) is 5.92 Å². The average Bonchev–Trinajstić information content (AvgIpc) is 2.58. The molecule has 2 heterocycles. The molecule has 1 saturated carbocycles. The second kappa shape index (κ2) is 3.33. The van der Waals surface area contributed by atoms with Gasteiger partial charge in [0.05, 0.1) is 12.2 Å². The van der Waals surface area contributed by atoms with Gasteiger partial charge in [-0.3, -0.25) is 9.78 Å². The summed E-state index contributed by atoms with van der Waals surface area (Å²) in [5.74, 6) is 0.638. The topological polar surface area (TPSA) is 33.2 Å². The van der Waals surface area contributed by atoms with E-state index in [4.69, 9.17) is 0 Å². The summed E-state index contributed by atoms with van der Waals surface area (Å²) >= 11 is 0. The number of aromatic nitrogens is 1. The lowest BCUT2D eigenvalue weighted by Crippen LogP contribution is -2.35. The molecule has 0 atom stereocenters. The van der Waals surface area contributed by atoms with Crippen LogP contribution in [0.4, 0.5) is 0 Å². The highest BCUT2D eigenvalue weighted by molar-refractivity contribution is 5.80. The molecule has 0 N–H and O–H groups in total. The predicted octanol–water partition coefficient (Wildman–Crippen LogP) is 1.72. The fourth-order valence-corrected chi connectivity index (χ4v) is 2.27. The van der Waals surface area contributed by atoms with Gasteiger partial charge in [-0.2, -0.15) is 0 Å². The number of hydrogen-bond donors (Lipinski definition) is 0. The molecule has 3 heteroatoms. The van der Waals surface area contributed by atoms with E-state index in [0.717, 1.165) is 25.1 Å². The normalized spacial score (nSPS) is 19.9. The summed E-state index contributed by atoms with van der Waals surface area (Å²) in [5.41, 5.74) is 2.29. The van der Waals surface area contributed by atoms with Crippen LogP contribution in [-0.4, -0.2) is 15.8 Å². The van der Waals surface area contributed by atoms with Crippen molar-refractivity contribution in [2.75, 3.05) is 0 Å². The molecule has 1 aromatic rings. The minimum absolute atomic E-state index is 0.305. The predicted molar refractivity (Wildman–Crippen MR) is 55.8 cm³/mol. The summed E-state index contributed by atoms with van der Waals surface area (Å²) in [6.45, 7) is 1.48. The molecule has 0 unspecified atom stereocenters. The number of carbonyl (C=O) groups is 1. The van der Waals surface area contributed by atoms with E-state index in [1.165, 1.54) is 12.0 Å². The third-order valence-corrected chi connectivity index (χ3v) is 3.45. The van der Waals surface area contributed by atoms with Gasteiger partial charge >= 0.3 is 0 Å². The van der Waals surface area contributed by atoms with Crippen molar-refractivity contribution in [3.8, 4) is 0 Å². The van der Waals surface area contributed by atoms with E-state index in [9.17, 15) is 4.79 Å². The van der Waals surface area contributed by atoms with Gasteiger partial charge in [0.2, 0.25) is 5.91 Å². The van der Waals surface area contributed by atoms with Crippen LogP contribution in [-0.2, 0) is 17.9 Å². The Labute approximate surface area is 89.1 Å². The van der Waals surface area contributed by atoms with Crippen molar-refractivity contribution in [3.05, 3.63) is 29.6 Å². The Kier molecular flexibility index (Phi) is 1.97. The summed E-state index contributed by atoms with van der Waals surface area (Å²) in [6.07, 6.45) is 5.18. The molecule has 3 nitrogen and oxygen atoms in total. The fourth-order valence-electron chi connectivity index (χ4n) is 2.27. The van der Waals surface area contributed by atoms with Crippen LogP contribution in [0.25, 0.3) is 0 Å². The van der Waals surface area contributed by atoms with E-state index in [1.807, 2.05) is 11.0 Å². The number of rotatable bonds is 1. The summed E-state index contributed by atoms with van der Waals surface area (Å²) in [7, 11) is 0. The van der Waals surface area contributed by atoms with Gasteiger partial charge < -0.3 is 4.90 Å². The van der Waals surface area contributed by atoms with Gasteiger partial charge in [-0.05, 0) is 24.5 Å². The first-order valence-corrected chi connectivity index (χ1v) is 5.56. The Hall–Kier alpha value is -1.38. The SMILES string of the molecule is O=C(C1CCC1)N1Cc2cccnc2C1. The highest BCUT2D eigenvalue weighted by atomic mass is 16.2. The van der Waals surface area contributed by atoms with E-state index < -0.39 is 0 Å². The first-order valence-electron chi connectivity index (χ1n) is 5.56. The zero-order chi connectivity index (χ0) is 10.3. The van der Waals surface area contributed by atoms with Gasteiger partial charge in [-0.25, -0.2) is 0 Å². The largest absolute Gasteiger partial charge is 0.332 e. The van der Waals surface area contributed by atoms with Gasteiger partial charge in [0, 0.05) is 18.7 Å². The molecular weight excluding hydrogens is 188 g/mol. The standard InChI is InChI=1S/C12H14N2O/c15-12(9-3-1-4-9)14-7-10-5-2-6-13-11(10)8-14/h2,5-6,9H,1,3-4,7-8H2. The smallest absolute Gasteiger partial charge is 0.226 e. The van der Waals surface area contributed by atoms with Gasteiger partial charge in [0.1, 0.15) is 0 Å². The number of hydrogen-bond acceptors (Lipinski definition) is 2. The lowest BCUT2D eigenvalue weighted by molar-refractivity contribution is -0.138. The van der Waals surface area contributed by atoms with E-state index in [2.05, 4.69) is 11.1 Å². The van der Waals surface area contributed by atoms with Crippen LogP contribution in [0.1, 0.15) is 30.5 Å². The van der Waals surface area contributed by atoms with Gasteiger partial charge in [0.15, 0.2) is 0 Å². The molecule has 1 amide bonds.